The largest absolute Gasteiger partial charge is 0.324 e. The van der Waals surface area contributed by atoms with Crippen molar-refractivity contribution in [3.05, 3.63) is 29.8 Å². The van der Waals surface area contributed by atoms with E-state index in [2.05, 4.69) is 5.32 Å². The van der Waals surface area contributed by atoms with Gasteiger partial charge in [0.15, 0.2) is 9.84 Å². The third-order valence-electron chi connectivity index (χ3n) is 3.61. The number of rotatable bonds is 3. The number of anilines is 1. The number of benzene rings is 1. The van der Waals surface area contributed by atoms with Crippen molar-refractivity contribution in [2.24, 2.45) is 0 Å². The molecule has 1 aliphatic heterocycles. The fourth-order valence-corrected chi connectivity index (χ4v) is 3.44. The Bertz CT molecular complexity index is 665. The number of hydrogen-bond acceptors (Lipinski definition) is 5. The van der Waals surface area contributed by atoms with Gasteiger partial charge in [0.2, 0.25) is 5.91 Å². The van der Waals surface area contributed by atoms with Crippen molar-refractivity contribution >= 4 is 21.4 Å². The van der Waals surface area contributed by atoms with Crippen LogP contribution in [0.2, 0.25) is 0 Å². The van der Waals surface area contributed by atoms with Crippen LogP contribution in [0.1, 0.15) is 12.5 Å². The van der Waals surface area contributed by atoms with Crippen LogP contribution < -0.4 is 5.32 Å². The highest BCUT2D eigenvalue weighted by Gasteiger charge is 2.28. The molecule has 7 heteroatoms. The summed E-state index contributed by atoms with van der Waals surface area (Å²) in [6.45, 7) is 2.45. The van der Waals surface area contributed by atoms with E-state index in [1.165, 1.54) is 0 Å². The van der Waals surface area contributed by atoms with Gasteiger partial charge in [-0.15, -0.1) is 0 Å². The second kappa shape index (κ2) is 6.24. The van der Waals surface area contributed by atoms with Crippen molar-refractivity contribution in [1.29, 1.82) is 5.26 Å². The number of hydrogen-bond donors (Lipinski definition) is 1. The molecule has 0 saturated carbocycles. The summed E-state index contributed by atoms with van der Waals surface area (Å²) in [5, 5.41) is 11.7. The van der Waals surface area contributed by atoms with Crippen molar-refractivity contribution < 1.29 is 13.2 Å². The highest BCUT2D eigenvalue weighted by atomic mass is 32.2. The van der Waals surface area contributed by atoms with Gasteiger partial charge in [0, 0.05) is 13.1 Å². The quantitative estimate of drug-likeness (QED) is 0.884. The van der Waals surface area contributed by atoms with Crippen molar-refractivity contribution in [3.63, 3.8) is 0 Å². The lowest BCUT2D eigenvalue weighted by molar-refractivity contribution is -0.120. The van der Waals surface area contributed by atoms with Crippen molar-refractivity contribution in [2.45, 2.75) is 13.0 Å². The average Bonchev–Trinajstić information content (AvgIpc) is 2.47. The van der Waals surface area contributed by atoms with E-state index in [1.807, 2.05) is 11.0 Å². The number of amides is 1. The first-order valence-electron chi connectivity index (χ1n) is 6.67. The molecular formula is C14H17N3O3S. The molecule has 112 valence electrons. The van der Waals surface area contributed by atoms with Gasteiger partial charge in [-0.2, -0.15) is 5.26 Å². The van der Waals surface area contributed by atoms with Gasteiger partial charge in [0.25, 0.3) is 0 Å². The summed E-state index contributed by atoms with van der Waals surface area (Å²) < 4.78 is 22.8. The van der Waals surface area contributed by atoms with E-state index in [0.717, 1.165) is 0 Å². The van der Waals surface area contributed by atoms with E-state index in [-0.39, 0.29) is 17.4 Å². The smallest absolute Gasteiger partial charge is 0.241 e. The van der Waals surface area contributed by atoms with Gasteiger partial charge in [-0.05, 0) is 19.1 Å². The Labute approximate surface area is 124 Å². The zero-order valence-corrected chi connectivity index (χ0v) is 12.6. The third-order valence-corrected chi connectivity index (χ3v) is 5.22. The lowest BCUT2D eigenvalue weighted by Gasteiger charge is -2.31. The predicted octanol–water partition coefficient (Wildman–Crippen LogP) is 0.616. The molecule has 1 aliphatic rings. The fraction of sp³-hybridized carbons (Fsp3) is 0.429. The topological polar surface area (TPSA) is 90.3 Å². The normalized spacial score (nSPS) is 19.4. The first-order valence-corrected chi connectivity index (χ1v) is 8.49. The second-order valence-electron chi connectivity index (χ2n) is 5.01. The molecule has 0 aromatic heterocycles. The fourth-order valence-electron chi connectivity index (χ4n) is 2.21. The molecule has 1 aromatic rings. The first kappa shape index (κ1) is 15.5. The SMILES string of the molecule is CC(C(=O)Nc1ccccc1C#N)N1CCS(=O)(=O)CC1. The molecule has 1 atom stereocenters. The lowest BCUT2D eigenvalue weighted by atomic mass is 10.2. The number of carbonyl (C=O) groups excluding carboxylic acids is 1. The first-order chi connectivity index (χ1) is 9.93. The van der Waals surface area contributed by atoms with Gasteiger partial charge in [-0.3, -0.25) is 9.69 Å². The summed E-state index contributed by atoms with van der Waals surface area (Å²) in [5.41, 5.74) is 0.876. The lowest BCUT2D eigenvalue weighted by Crippen LogP contribution is -2.49. The van der Waals surface area contributed by atoms with Crippen LogP contribution in [0.4, 0.5) is 5.69 Å². The summed E-state index contributed by atoms with van der Waals surface area (Å²) in [7, 11) is -2.96. The van der Waals surface area contributed by atoms with Crippen LogP contribution in [0.5, 0.6) is 0 Å². The van der Waals surface area contributed by atoms with Crippen LogP contribution in [0.25, 0.3) is 0 Å². The molecule has 0 spiro atoms. The number of nitrogens with one attached hydrogen (secondary N) is 1. The van der Waals surface area contributed by atoms with Gasteiger partial charge < -0.3 is 5.32 Å². The van der Waals surface area contributed by atoms with Gasteiger partial charge in [0.05, 0.1) is 28.8 Å². The van der Waals surface area contributed by atoms with Crippen LogP contribution in [-0.2, 0) is 14.6 Å². The molecule has 6 nitrogen and oxygen atoms in total. The van der Waals surface area contributed by atoms with Crippen LogP contribution >= 0.6 is 0 Å². The monoisotopic (exact) mass is 307 g/mol. The summed E-state index contributed by atoms with van der Waals surface area (Å²) >= 11 is 0. The Balaban J connectivity index is 2.02. The molecule has 0 radical (unpaired) electrons. The number of carbonyl (C=O) groups is 1. The number of sulfone groups is 1. The zero-order valence-electron chi connectivity index (χ0n) is 11.7. The summed E-state index contributed by atoms with van der Waals surface area (Å²) in [6, 6.07) is 8.36. The number of nitrogens with zero attached hydrogens (tertiary/aromatic N) is 2. The van der Waals surface area contributed by atoms with Gasteiger partial charge in [0.1, 0.15) is 6.07 Å². The highest BCUT2D eigenvalue weighted by molar-refractivity contribution is 7.91. The van der Waals surface area contributed by atoms with Crippen molar-refractivity contribution in [3.8, 4) is 6.07 Å². The Morgan fingerprint density at radius 2 is 1.95 bits per heavy atom. The Morgan fingerprint density at radius 3 is 2.57 bits per heavy atom. The summed E-state index contributed by atoms with van der Waals surface area (Å²) in [5.74, 6) is -0.0734. The van der Waals surface area contributed by atoms with E-state index in [0.29, 0.717) is 24.3 Å². The van der Waals surface area contributed by atoms with E-state index in [4.69, 9.17) is 5.26 Å². The van der Waals surface area contributed by atoms with Gasteiger partial charge in [-0.1, -0.05) is 12.1 Å². The molecule has 1 N–H and O–H groups in total. The van der Waals surface area contributed by atoms with Crippen molar-refractivity contribution in [1.82, 2.24) is 4.90 Å². The minimum atomic E-state index is -2.96. The summed E-state index contributed by atoms with van der Waals surface area (Å²) in [6.07, 6.45) is 0. The van der Waals surface area contributed by atoms with Crippen LogP contribution in [0.3, 0.4) is 0 Å². The van der Waals surface area contributed by atoms with Gasteiger partial charge in [-0.25, -0.2) is 8.42 Å². The highest BCUT2D eigenvalue weighted by Crippen LogP contribution is 2.15. The average molecular weight is 307 g/mol. The maximum atomic E-state index is 12.2. The third kappa shape index (κ3) is 3.80. The molecule has 1 unspecified atom stereocenters. The van der Waals surface area contributed by atoms with Crippen LogP contribution in [-0.4, -0.2) is 49.9 Å². The molecule has 1 heterocycles. The number of nitriles is 1. The van der Waals surface area contributed by atoms with E-state index in [1.54, 1.807) is 31.2 Å². The molecule has 1 aromatic carbocycles. The molecule has 1 fully saturated rings. The Hall–Kier alpha value is -1.91. The predicted molar refractivity (Wildman–Crippen MR) is 79.5 cm³/mol. The molecule has 1 saturated heterocycles. The molecule has 0 aliphatic carbocycles. The van der Waals surface area contributed by atoms with Gasteiger partial charge >= 0.3 is 0 Å². The number of para-hydroxylation sites is 1. The zero-order chi connectivity index (χ0) is 15.5. The summed E-state index contributed by atoms with van der Waals surface area (Å²) in [4.78, 5) is 14.1. The molecule has 0 bridgehead atoms. The minimum absolute atomic E-state index is 0.0827. The molecule has 21 heavy (non-hydrogen) atoms. The Kier molecular flexibility index (Phi) is 4.60. The molecule has 1 amide bonds. The maximum absolute atomic E-state index is 12.2. The second-order valence-corrected chi connectivity index (χ2v) is 7.31. The Morgan fingerprint density at radius 1 is 1.33 bits per heavy atom. The molecular weight excluding hydrogens is 290 g/mol. The maximum Gasteiger partial charge on any atom is 0.241 e. The van der Waals surface area contributed by atoms with Crippen LogP contribution in [0, 0.1) is 11.3 Å². The van der Waals surface area contributed by atoms with Crippen molar-refractivity contribution in [2.75, 3.05) is 29.9 Å². The molecule has 2 rings (SSSR count). The standard InChI is InChI=1S/C14H17N3O3S/c1-11(17-6-8-21(19,20)9-7-17)14(18)16-13-5-3-2-4-12(13)10-15/h2-5,11H,6-9H2,1H3,(H,16,18). The minimum Gasteiger partial charge on any atom is -0.324 e. The van der Waals surface area contributed by atoms with E-state index >= 15 is 0 Å². The van der Waals surface area contributed by atoms with E-state index < -0.39 is 15.9 Å². The van der Waals surface area contributed by atoms with E-state index in [9.17, 15) is 13.2 Å². The van der Waals surface area contributed by atoms with Crippen LogP contribution in [0.15, 0.2) is 24.3 Å².